The molecule has 0 spiro atoms. The zero-order chi connectivity index (χ0) is 14.7. The lowest BCUT2D eigenvalue weighted by Gasteiger charge is -2.11. The summed E-state index contributed by atoms with van der Waals surface area (Å²) in [6, 6.07) is 7.76. The van der Waals surface area contributed by atoms with Gasteiger partial charge in [0, 0.05) is 11.1 Å². The van der Waals surface area contributed by atoms with Crippen LogP contribution in [0.2, 0.25) is 5.02 Å². The summed E-state index contributed by atoms with van der Waals surface area (Å²) in [5.41, 5.74) is 5.87. The number of nitrogens with zero attached hydrogens (tertiary/aromatic N) is 2. The van der Waals surface area contributed by atoms with E-state index in [-0.39, 0.29) is 11.5 Å². The van der Waals surface area contributed by atoms with Crippen LogP contribution >= 0.6 is 11.6 Å². The van der Waals surface area contributed by atoms with Gasteiger partial charge in [-0.05, 0) is 24.3 Å². The number of anilines is 3. The van der Waals surface area contributed by atoms with Crippen LogP contribution in [0.1, 0.15) is 0 Å². The van der Waals surface area contributed by atoms with Gasteiger partial charge in [-0.2, -0.15) is 0 Å². The molecule has 7 nitrogen and oxygen atoms in total. The smallest absolute Gasteiger partial charge is 0.311 e. The molecule has 0 bridgehead atoms. The van der Waals surface area contributed by atoms with Crippen molar-refractivity contribution in [3.05, 3.63) is 45.5 Å². The second kappa shape index (κ2) is 5.62. The average Bonchev–Trinajstić information content (AvgIpc) is 2.38. The van der Waals surface area contributed by atoms with Crippen LogP contribution < -0.4 is 15.8 Å². The molecule has 8 heteroatoms. The van der Waals surface area contributed by atoms with Crippen LogP contribution in [-0.2, 0) is 0 Å². The fourth-order valence-corrected chi connectivity index (χ4v) is 1.78. The van der Waals surface area contributed by atoms with Crippen LogP contribution in [0.3, 0.4) is 0 Å². The third kappa shape index (κ3) is 2.89. The maximum absolute atomic E-state index is 10.7. The van der Waals surface area contributed by atoms with E-state index in [1.54, 1.807) is 18.2 Å². The van der Waals surface area contributed by atoms with Crippen molar-refractivity contribution in [3.63, 3.8) is 0 Å². The van der Waals surface area contributed by atoms with Gasteiger partial charge in [-0.25, -0.2) is 4.98 Å². The summed E-state index contributed by atoms with van der Waals surface area (Å²) in [4.78, 5) is 14.0. The van der Waals surface area contributed by atoms with Gasteiger partial charge in [0.05, 0.1) is 17.7 Å². The highest BCUT2D eigenvalue weighted by atomic mass is 35.5. The van der Waals surface area contributed by atoms with Gasteiger partial charge in [-0.15, -0.1) is 0 Å². The summed E-state index contributed by atoms with van der Waals surface area (Å²) in [5, 5.41) is 14.1. The Balaban J connectivity index is 2.33. The number of pyridine rings is 1. The van der Waals surface area contributed by atoms with Gasteiger partial charge < -0.3 is 15.8 Å². The zero-order valence-corrected chi connectivity index (χ0v) is 11.2. The number of nitrogens with one attached hydrogen (secondary N) is 1. The van der Waals surface area contributed by atoms with Gasteiger partial charge in [0.1, 0.15) is 11.6 Å². The number of hydrogen-bond donors (Lipinski definition) is 2. The van der Waals surface area contributed by atoms with E-state index >= 15 is 0 Å². The number of methoxy groups -OCH3 is 1. The van der Waals surface area contributed by atoms with Crippen molar-refractivity contribution < 1.29 is 9.66 Å². The molecule has 2 aromatic rings. The van der Waals surface area contributed by atoms with E-state index < -0.39 is 4.92 Å². The summed E-state index contributed by atoms with van der Waals surface area (Å²) >= 11 is 5.91. The molecule has 0 unspecified atom stereocenters. The molecule has 0 saturated carbocycles. The molecule has 0 fully saturated rings. The normalized spacial score (nSPS) is 10.1. The van der Waals surface area contributed by atoms with E-state index in [1.807, 2.05) is 0 Å². The van der Waals surface area contributed by atoms with Crippen LogP contribution in [0, 0.1) is 10.1 Å². The zero-order valence-electron chi connectivity index (χ0n) is 10.5. The number of benzene rings is 1. The van der Waals surface area contributed by atoms with E-state index in [9.17, 15) is 10.1 Å². The minimum atomic E-state index is -0.591. The highest BCUT2D eigenvalue weighted by Gasteiger charge is 2.13. The molecule has 0 atom stereocenters. The lowest BCUT2D eigenvalue weighted by atomic mass is 10.3. The van der Waals surface area contributed by atoms with Gasteiger partial charge in [0.15, 0.2) is 0 Å². The van der Waals surface area contributed by atoms with E-state index in [0.717, 1.165) is 0 Å². The summed E-state index contributed by atoms with van der Waals surface area (Å²) in [5.74, 6) is 0.753. The Morgan fingerprint density at radius 3 is 2.75 bits per heavy atom. The fourth-order valence-electron chi connectivity index (χ4n) is 1.61. The maximum Gasteiger partial charge on any atom is 0.311 e. The first kappa shape index (κ1) is 13.9. The molecule has 2 rings (SSSR count). The number of hydrogen-bond acceptors (Lipinski definition) is 6. The maximum atomic E-state index is 10.7. The van der Waals surface area contributed by atoms with Crippen molar-refractivity contribution in [1.29, 1.82) is 0 Å². The molecule has 0 aliphatic rings. The number of halogens is 1. The molecular formula is C12H11ClN4O3. The Labute approximate surface area is 119 Å². The molecule has 0 aliphatic heterocycles. The first-order valence-electron chi connectivity index (χ1n) is 5.52. The Kier molecular flexibility index (Phi) is 3.90. The Bertz CT molecular complexity index is 663. The molecule has 0 saturated heterocycles. The van der Waals surface area contributed by atoms with E-state index in [2.05, 4.69) is 10.3 Å². The van der Waals surface area contributed by atoms with Gasteiger partial charge in [0.25, 0.3) is 0 Å². The Morgan fingerprint density at radius 2 is 2.15 bits per heavy atom. The summed E-state index contributed by atoms with van der Waals surface area (Å²) < 4.78 is 5.18. The van der Waals surface area contributed by atoms with Gasteiger partial charge >= 0.3 is 5.69 Å². The highest BCUT2D eigenvalue weighted by molar-refractivity contribution is 6.31. The van der Waals surface area contributed by atoms with Crippen molar-refractivity contribution in [3.8, 4) is 5.75 Å². The van der Waals surface area contributed by atoms with Crippen LogP contribution in [0.5, 0.6) is 5.75 Å². The number of aromatic nitrogens is 1. The van der Waals surface area contributed by atoms with Crippen molar-refractivity contribution >= 4 is 34.6 Å². The van der Waals surface area contributed by atoms with Crippen molar-refractivity contribution in [2.75, 3.05) is 18.2 Å². The van der Waals surface area contributed by atoms with Crippen molar-refractivity contribution in [1.82, 2.24) is 4.98 Å². The molecule has 1 aromatic carbocycles. The molecule has 3 N–H and O–H groups in total. The highest BCUT2D eigenvalue weighted by Crippen LogP contribution is 2.31. The van der Waals surface area contributed by atoms with Gasteiger partial charge in [0.2, 0.25) is 5.82 Å². The average molecular weight is 295 g/mol. The molecule has 0 aliphatic carbocycles. The molecule has 0 amide bonds. The predicted octanol–water partition coefficient (Wildman–Crippen LogP) is 2.98. The second-order valence-corrected chi connectivity index (χ2v) is 4.26. The summed E-state index contributed by atoms with van der Waals surface area (Å²) in [6.45, 7) is 0. The third-order valence-electron chi connectivity index (χ3n) is 2.52. The topological polar surface area (TPSA) is 103 Å². The number of ether oxygens (including phenoxy) is 1. The number of nitrogen functional groups attached to an aromatic ring is 1. The number of rotatable bonds is 4. The first-order valence-corrected chi connectivity index (χ1v) is 5.90. The standard InChI is InChI=1S/C12H11ClN4O3/c1-20-10-4-2-7(13)6-8(10)15-11-5-3-9(17(18)19)12(14)16-11/h2-6H,1H3,(H3,14,15,16). The monoisotopic (exact) mass is 294 g/mol. The summed E-state index contributed by atoms with van der Waals surface area (Å²) in [7, 11) is 1.52. The van der Waals surface area contributed by atoms with Gasteiger partial charge in [-0.1, -0.05) is 11.6 Å². The molecular weight excluding hydrogens is 284 g/mol. The second-order valence-electron chi connectivity index (χ2n) is 3.83. The third-order valence-corrected chi connectivity index (χ3v) is 2.76. The Morgan fingerprint density at radius 1 is 1.40 bits per heavy atom. The Hall–Kier alpha value is -2.54. The van der Waals surface area contributed by atoms with Crippen LogP contribution in [-0.4, -0.2) is 17.0 Å². The fraction of sp³-hybridized carbons (Fsp3) is 0.0833. The van der Waals surface area contributed by atoms with Crippen LogP contribution in [0.25, 0.3) is 0 Å². The summed E-state index contributed by atoms with van der Waals surface area (Å²) in [6.07, 6.45) is 0. The van der Waals surface area contributed by atoms with Gasteiger partial charge in [-0.3, -0.25) is 10.1 Å². The molecule has 104 valence electrons. The molecule has 0 radical (unpaired) electrons. The lowest BCUT2D eigenvalue weighted by molar-refractivity contribution is -0.384. The van der Waals surface area contributed by atoms with Crippen molar-refractivity contribution in [2.24, 2.45) is 0 Å². The number of nitrogens with two attached hydrogens (primary N) is 1. The molecule has 1 heterocycles. The SMILES string of the molecule is COc1ccc(Cl)cc1Nc1ccc([N+](=O)[O-])c(N)n1. The van der Waals surface area contributed by atoms with E-state index in [1.165, 1.54) is 19.2 Å². The number of nitro groups is 1. The molecule has 1 aromatic heterocycles. The predicted molar refractivity (Wildman–Crippen MR) is 76.6 cm³/mol. The quantitative estimate of drug-likeness (QED) is 0.663. The van der Waals surface area contributed by atoms with E-state index in [0.29, 0.717) is 22.3 Å². The van der Waals surface area contributed by atoms with Crippen LogP contribution in [0.4, 0.5) is 23.0 Å². The van der Waals surface area contributed by atoms with Crippen LogP contribution in [0.15, 0.2) is 30.3 Å². The van der Waals surface area contributed by atoms with E-state index in [4.69, 9.17) is 22.1 Å². The lowest BCUT2D eigenvalue weighted by Crippen LogP contribution is -2.02. The largest absolute Gasteiger partial charge is 0.495 e. The van der Waals surface area contributed by atoms with Crippen molar-refractivity contribution in [2.45, 2.75) is 0 Å². The minimum Gasteiger partial charge on any atom is -0.495 e. The molecule has 20 heavy (non-hydrogen) atoms. The minimum absolute atomic E-state index is 0.166. The first-order chi connectivity index (χ1) is 9.51.